The van der Waals surface area contributed by atoms with Crippen LogP contribution in [-0.2, 0) is 28.7 Å². The smallest absolute Gasteiger partial charge is 0.441 e. The molecule has 0 aliphatic rings. The Morgan fingerprint density at radius 2 is 1.68 bits per heavy atom. The van der Waals surface area contributed by atoms with E-state index in [1.165, 1.54) is 12.1 Å². The van der Waals surface area contributed by atoms with Gasteiger partial charge >= 0.3 is 19.0 Å². The van der Waals surface area contributed by atoms with Gasteiger partial charge in [0.1, 0.15) is 5.60 Å². The van der Waals surface area contributed by atoms with Crippen molar-refractivity contribution in [2.24, 2.45) is 0 Å². The average molecular weight is 482 g/mol. The molecule has 8 nitrogen and oxygen atoms in total. The summed E-state index contributed by atoms with van der Waals surface area (Å²) in [6.07, 6.45) is 0. The molecule has 1 atom stereocenters. The molecule has 0 bridgehead atoms. The Morgan fingerprint density at radius 1 is 1.20 bits per heavy atom. The largest absolute Gasteiger partial charge is 0.457 e. The first-order valence-electron chi connectivity index (χ1n) is 7.11. The molecule has 0 heterocycles. The third kappa shape index (κ3) is 4.75. The Labute approximate surface area is 159 Å². The number of carbonyl (C=O) groups is 1. The molecule has 1 N–H and O–H groups in total. The second kappa shape index (κ2) is 8.07. The van der Waals surface area contributed by atoms with Gasteiger partial charge in [0.2, 0.25) is 0 Å². The summed E-state index contributed by atoms with van der Waals surface area (Å²) in [4.78, 5) is 15.6. The van der Waals surface area contributed by atoms with E-state index in [0.717, 1.165) is 17.8 Å². The summed E-state index contributed by atoms with van der Waals surface area (Å²) in [5, 5.41) is 11.2. The van der Waals surface area contributed by atoms with Crippen molar-refractivity contribution in [3.05, 3.63) is 38.9 Å². The van der Waals surface area contributed by atoms with E-state index in [0.29, 0.717) is 0 Å². The molecule has 0 fully saturated rings. The standard InChI is InChI=1S/C15H20IN2O6P/c1-14(2,3)24-13(19)15(20,10-6-8-11(16)9-7-10)12(18-17)25(21,22-4)23-5/h6-9,20H,1-5H3/t15-/m0/s1. The Kier molecular flexibility index (Phi) is 7.09. The molecule has 10 heteroatoms. The van der Waals surface area contributed by atoms with Crippen molar-refractivity contribution >= 4 is 41.6 Å². The van der Waals surface area contributed by atoms with Crippen LogP contribution in [0.25, 0.3) is 5.53 Å². The van der Waals surface area contributed by atoms with Crippen LogP contribution >= 0.6 is 30.2 Å². The molecule has 138 valence electrons. The number of ether oxygens (including phenoxy) is 1. The van der Waals surface area contributed by atoms with Gasteiger partial charge in [-0.1, -0.05) is 12.1 Å². The lowest BCUT2D eigenvalue weighted by Gasteiger charge is -2.28. The van der Waals surface area contributed by atoms with E-state index in [4.69, 9.17) is 13.8 Å². The maximum Gasteiger partial charge on any atom is 0.441 e. The number of esters is 1. The number of halogens is 1. The predicted molar refractivity (Wildman–Crippen MR) is 99.2 cm³/mol. The number of nitrogens with zero attached hydrogens (tertiary/aromatic N) is 2. The first-order valence-corrected chi connectivity index (χ1v) is 9.73. The van der Waals surface area contributed by atoms with Crippen molar-refractivity contribution in [2.75, 3.05) is 14.2 Å². The third-order valence-electron chi connectivity index (χ3n) is 3.11. The normalized spacial score (nSPS) is 14.4. The molecule has 0 aliphatic carbocycles. The number of benzene rings is 1. The molecular formula is C15H20IN2O6P. The van der Waals surface area contributed by atoms with Gasteiger partial charge in [-0.15, -0.1) is 0 Å². The predicted octanol–water partition coefficient (Wildman–Crippen LogP) is 2.93. The van der Waals surface area contributed by atoms with Gasteiger partial charge in [0, 0.05) is 23.4 Å². The Morgan fingerprint density at radius 3 is 2.04 bits per heavy atom. The molecule has 1 aromatic carbocycles. The topological polar surface area (TPSA) is 118 Å². The van der Waals surface area contributed by atoms with Gasteiger partial charge in [0.15, 0.2) is 0 Å². The molecule has 0 aliphatic heterocycles. The average Bonchev–Trinajstić information content (AvgIpc) is 2.53. The number of hydrogen-bond donors (Lipinski definition) is 1. The fraction of sp³-hybridized carbons (Fsp3) is 0.467. The van der Waals surface area contributed by atoms with Crippen molar-refractivity contribution in [3.63, 3.8) is 0 Å². The van der Waals surface area contributed by atoms with Gasteiger partial charge in [0.25, 0.3) is 5.60 Å². The molecule has 25 heavy (non-hydrogen) atoms. The molecule has 0 saturated heterocycles. The molecule has 0 spiro atoms. The number of aliphatic hydroxyl groups is 1. The maximum atomic E-state index is 12.7. The van der Waals surface area contributed by atoms with Crippen LogP contribution < -0.4 is 0 Å². The SMILES string of the molecule is COP(=O)(OC)C(=[N+]=[N-])[C@](O)(C(=O)OC(C)(C)C)c1ccc(I)cc1. The summed E-state index contributed by atoms with van der Waals surface area (Å²) in [7, 11) is -2.18. The Hall–Kier alpha value is -1.09. The van der Waals surface area contributed by atoms with E-state index in [9.17, 15) is 20.0 Å². The van der Waals surface area contributed by atoms with E-state index < -0.39 is 30.2 Å². The highest BCUT2D eigenvalue weighted by Crippen LogP contribution is 2.53. The lowest BCUT2D eigenvalue weighted by atomic mass is 9.94. The minimum atomic E-state index is -4.26. The van der Waals surface area contributed by atoms with Crippen molar-refractivity contribution in [2.45, 2.75) is 32.0 Å². The van der Waals surface area contributed by atoms with Crippen LogP contribution in [0, 0.1) is 3.57 Å². The van der Waals surface area contributed by atoms with Gasteiger partial charge in [-0.05, 0) is 55.5 Å². The zero-order valence-corrected chi connectivity index (χ0v) is 17.6. The highest BCUT2D eigenvalue weighted by atomic mass is 127. The van der Waals surface area contributed by atoms with E-state index in [1.54, 1.807) is 32.9 Å². The van der Waals surface area contributed by atoms with E-state index >= 15 is 0 Å². The summed E-state index contributed by atoms with van der Waals surface area (Å²) < 4.78 is 28.4. The second-order valence-corrected chi connectivity index (χ2v) is 9.40. The molecule has 0 aromatic heterocycles. The minimum Gasteiger partial charge on any atom is -0.457 e. The minimum absolute atomic E-state index is 0.00992. The molecular weight excluding hydrogens is 462 g/mol. The Bertz CT molecular complexity index is 731. The highest BCUT2D eigenvalue weighted by molar-refractivity contribution is 14.1. The van der Waals surface area contributed by atoms with E-state index in [-0.39, 0.29) is 5.56 Å². The van der Waals surface area contributed by atoms with E-state index in [2.05, 4.69) is 4.79 Å². The maximum absolute atomic E-state index is 12.7. The molecule has 0 unspecified atom stereocenters. The monoisotopic (exact) mass is 482 g/mol. The third-order valence-corrected chi connectivity index (χ3v) is 5.73. The zero-order chi connectivity index (χ0) is 19.5. The number of carbonyl (C=O) groups excluding carboxylic acids is 1. The lowest BCUT2D eigenvalue weighted by molar-refractivity contribution is -0.173. The first kappa shape index (κ1) is 22.0. The Balaban J connectivity index is 3.68. The van der Waals surface area contributed by atoms with Gasteiger partial charge in [-0.2, -0.15) is 4.79 Å². The van der Waals surface area contributed by atoms with Crippen LogP contribution in [0.2, 0.25) is 0 Å². The first-order chi connectivity index (χ1) is 11.4. The van der Waals surface area contributed by atoms with Crippen LogP contribution in [0.3, 0.4) is 0 Å². The fourth-order valence-electron chi connectivity index (χ4n) is 1.95. The highest BCUT2D eigenvalue weighted by Gasteiger charge is 2.61. The van der Waals surface area contributed by atoms with Gasteiger partial charge < -0.3 is 24.4 Å². The van der Waals surface area contributed by atoms with Crippen molar-refractivity contribution in [1.29, 1.82) is 0 Å². The molecule has 0 radical (unpaired) electrons. The lowest BCUT2D eigenvalue weighted by Crippen LogP contribution is -2.48. The summed E-state index contributed by atoms with van der Waals surface area (Å²) >= 11 is 2.04. The van der Waals surface area contributed by atoms with Gasteiger partial charge in [0.05, 0.1) is 0 Å². The summed E-state index contributed by atoms with van der Waals surface area (Å²) in [5.41, 5.74) is 4.88. The summed E-state index contributed by atoms with van der Waals surface area (Å²) in [5.74, 6) is -1.18. The summed E-state index contributed by atoms with van der Waals surface area (Å²) in [6.45, 7) is 4.80. The van der Waals surface area contributed by atoms with Crippen molar-refractivity contribution in [1.82, 2.24) is 0 Å². The van der Waals surface area contributed by atoms with Gasteiger partial charge in [-0.3, -0.25) is 0 Å². The van der Waals surface area contributed by atoms with Crippen molar-refractivity contribution < 1.29 is 33.0 Å². The van der Waals surface area contributed by atoms with Crippen LogP contribution in [-0.4, -0.2) is 41.1 Å². The van der Waals surface area contributed by atoms with E-state index in [1.807, 2.05) is 22.6 Å². The van der Waals surface area contributed by atoms with Gasteiger partial charge in [-0.25, -0.2) is 9.36 Å². The molecule has 1 rings (SSSR count). The summed E-state index contributed by atoms with van der Waals surface area (Å²) in [6, 6.07) is 6.08. The number of rotatable bonds is 6. The molecule has 0 amide bonds. The number of hydrogen-bond acceptors (Lipinski definition) is 6. The zero-order valence-electron chi connectivity index (χ0n) is 14.5. The van der Waals surface area contributed by atoms with Crippen molar-refractivity contribution in [3.8, 4) is 0 Å². The van der Waals surface area contributed by atoms with Crippen LogP contribution in [0.15, 0.2) is 24.3 Å². The van der Waals surface area contributed by atoms with Crippen LogP contribution in [0.1, 0.15) is 26.3 Å². The van der Waals surface area contributed by atoms with Crippen LogP contribution in [0.4, 0.5) is 0 Å². The second-order valence-electron chi connectivity index (χ2n) is 6.01. The molecule has 1 aromatic rings. The molecule has 0 saturated carbocycles. The quantitative estimate of drug-likeness (QED) is 0.166. The van der Waals surface area contributed by atoms with Crippen LogP contribution in [0.5, 0.6) is 0 Å². The fourth-order valence-corrected chi connectivity index (χ4v) is 3.53.